The Balaban J connectivity index is 2.03. The first-order valence-electron chi connectivity index (χ1n) is 6.77. The predicted octanol–water partition coefficient (Wildman–Crippen LogP) is 3.92. The molecule has 104 valence electrons. The van der Waals surface area contributed by atoms with Gasteiger partial charge in [0.25, 0.3) is 0 Å². The van der Waals surface area contributed by atoms with Gasteiger partial charge in [-0.25, -0.2) is 4.98 Å². The van der Waals surface area contributed by atoms with Gasteiger partial charge in [-0.1, -0.05) is 24.3 Å². The number of benzene rings is 1. The van der Waals surface area contributed by atoms with Gasteiger partial charge in [0.15, 0.2) is 7.05 Å². The van der Waals surface area contributed by atoms with Crippen molar-refractivity contribution in [1.29, 1.82) is 0 Å². The monoisotopic (exact) mass is 278 g/mol. The number of nitroso groups, excluding NO2 is 1. The minimum Gasteiger partial charge on any atom is -0.343 e. The van der Waals surface area contributed by atoms with Crippen molar-refractivity contribution >= 4 is 17.1 Å². The van der Waals surface area contributed by atoms with Crippen molar-refractivity contribution in [2.24, 2.45) is 0 Å². The normalized spacial score (nSPS) is 11.3. The van der Waals surface area contributed by atoms with Crippen LogP contribution in [0.5, 0.6) is 0 Å². The van der Waals surface area contributed by atoms with Crippen molar-refractivity contribution in [3.8, 4) is 11.1 Å². The van der Waals surface area contributed by atoms with Gasteiger partial charge in [0.05, 0.1) is 0 Å². The van der Waals surface area contributed by atoms with Gasteiger partial charge in [-0.15, -0.1) is 0 Å². The van der Waals surface area contributed by atoms with Gasteiger partial charge in [0, 0.05) is 38.6 Å². The summed E-state index contributed by atoms with van der Waals surface area (Å²) >= 11 is 0. The average molecular weight is 278 g/mol. The number of rotatable bonds is 3. The summed E-state index contributed by atoms with van der Waals surface area (Å²) in [4.78, 5) is 18.5. The molecule has 0 fully saturated rings. The Bertz CT molecular complexity index is 829. The van der Waals surface area contributed by atoms with Crippen LogP contribution < -0.4 is 0 Å². The van der Waals surface area contributed by atoms with Crippen LogP contribution in [0.15, 0.2) is 48.8 Å². The van der Waals surface area contributed by atoms with Crippen molar-refractivity contribution < 1.29 is 4.76 Å². The SMILES string of the molecule is Cc1[nH]c2ncccc2c1-c1ccc(/C=C/[N+](C)=O)cc1. The average Bonchev–Trinajstić information content (AvgIpc) is 2.81. The van der Waals surface area contributed by atoms with Crippen LogP contribution in [0.3, 0.4) is 0 Å². The minimum absolute atomic E-state index is 0.781. The molecule has 0 unspecified atom stereocenters. The van der Waals surface area contributed by atoms with E-state index < -0.39 is 0 Å². The van der Waals surface area contributed by atoms with Crippen LogP contribution in [0.2, 0.25) is 0 Å². The lowest BCUT2D eigenvalue weighted by atomic mass is 10.0. The molecule has 3 aromatic rings. The highest BCUT2D eigenvalue weighted by molar-refractivity contribution is 5.95. The highest BCUT2D eigenvalue weighted by atomic mass is 16.3. The third-order valence-corrected chi connectivity index (χ3v) is 3.43. The maximum absolute atomic E-state index is 10.9. The summed E-state index contributed by atoms with van der Waals surface area (Å²) in [6.07, 6.45) is 5.08. The quantitative estimate of drug-likeness (QED) is 0.738. The van der Waals surface area contributed by atoms with Crippen LogP contribution in [0.1, 0.15) is 11.3 Å². The molecule has 0 radical (unpaired) electrons. The molecule has 0 saturated heterocycles. The molecule has 0 amide bonds. The molecule has 0 aliphatic rings. The van der Waals surface area contributed by atoms with Crippen LogP contribution in [0.25, 0.3) is 28.2 Å². The van der Waals surface area contributed by atoms with E-state index in [4.69, 9.17) is 0 Å². The molecule has 0 spiro atoms. The minimum atomic E-state index is 0.781. The number of aromatic amines is 1. The molecule has 21 heavy (non-hydrogen) atoms. The van der Waals surface area contributed by atoms with Gasteiger partial charge in [0.2, 0.25) is 6.20 Å². The van der Waals surface area contributed by atoms with Gasteiger partial charge in [0.1, 0.15) is 5.65 Å². The molecular formula is C17H16N3O+. The van der Waals surface area contributed by atoms with E-state index in [0.717, 1.165) is 32.6 Å². The zero-order valence-electron chi connectivity index (χ0n) is 12.0. The van der Waals surface area contributed by atoms with Crippen molar-refractivity contribution in [3.05, 3.63) is 65.0 Å². The van der Waals surface area contributed by atoms with Crippen molar-refractivity contribution in [3.63, 3.8) is 0 Å². The largest absolute Gasteiger partial charge is 0.343 e. The summed E-state index contributed by atoms with van der Waals surface area (Å²) in [6.45, 7) is 2.05. The Labute approximate surface area is 122 Å². The van der Waals surface area contributed by atoms with Gasteiger partial charge in [-0.05, 0) is 30.2 Å². The van der Waals surface area contributed by atoms with Gasteiger partial charge in [-0.3, -0.25) is 0 Å². The molecular weight excluding hydrogens is 262 g/mol. The van der Waals surface area contributed by atoms with Gasteiger partial charge < -0.3 is 4.98 Å². The second-order valence-corrected chi connectivity index (χ2v) is 5.01. The van der Waals surface area contributed by atoms with Crippen molar-refractivity contribution in [2.45, 2.75) is 6.92 Å². The van der Waals surface area contributed by atoms with E-state index in [-0.39, 0.29) is 0 Å². The van der Waals surface area contributed by atoms with E-state index in [1.165, 1.54) is 18.8 Å². The number of nitrogens with zero attached hydrogens (tertiary/aromatic N) is 2. The van der Waals surface area contributed by atoms with E-state index in [2.05, 4.69) is 35.1 Å². The fourth-order valence-electron chi connectivity index (χ4n) is 2.47. The second-order valence-electron chi connectivity index (χ2n) is 5.01. The number of aryl methyl sites for hydroxylation is 1. The predicted molar refractivity (Wildman–Crippen MR) is 84.9 cm³/mol. The fraction of sp³-hybridized carbons (Fsp3) is 0.118. The standard InChI is InChI=1S/C17H16N3O/c1-12-16(15-4-3-10-18-17(15)19-12)14-7-5-13(6-8-14)9-11-20(2)21/h3-11H,1-2H3,(H,18,19)/q+1/b11-9+. The Kier molecular flexibility index (Phi) is 3.36. The lowest BCUT2D eigenvalue weighted by Gasteiger charge is -2.02. The maximum atomic E-state index is 10.9. The van der Waals surface area contributed by atoms with Crippen LogP contribution in [-0.4, -0.2) is 21.8 Å². The van der Waals surface area contributed by atoms with Crippen LogP contribution in [-0.2, 0) is 0 Å². The molecule has 2 heterocycles. The zero-order chi connectivity index (χ0) is 14.8. The van der Waals surface area contributed by atoms with Crippen molar-refractivity contribution in [2.75, 3.05) is 7.05 Å². The molecule has 3 rings (SSSR count). The smallest absolute Gasteiger partial charge is 0.221 e. The third kappa shape index (κ3) is 2.60. The van der Waals surface area contributed by atoms with Gasteiger partial charge in [-0.2, -0.15) is 0 Å². The first kappa shape index (κ1) is 13.2. The van der Waals surface area contributed by atoms with E-state index in [9.17, 15) is 4.91 Å². The number of H-pyrrole nitrogens is 1. The lowest BCUT2D eigenvalue weighted by Crippen LogP contribution is -1.86. The Morgan fingerprint density at radius 3 is 2.67 bits per heavy atom. The molecule has 0 bridgehead atoms. The summed E-state index contributed by atoms with van der Waals surface area (Å²) in [6, 6.07) is 12.1. The number of pyridine rings is 1. The summed E-state index contributed by atoms with van der Waals surface area (Å²) in [5.74, 6) is 0. The first-order valence-corrected chi connectivity index (χ1v) is 6.77. The zero-order valence-corrected chi connectivity index (χ0v) is 12.0. The van der Waals surface area contributed by atoms with E-state index in [1.807, 2.05) is 18.2 Å². The van der Waals surface area contributed by atoms with Crippen LogP contribution in [0.4, 0.5) is 0 Å². The fourth-order valence-corrected chi connectivity index (χ4v) is 2.47. The Hall–Kier alpha value is -2.75. The first-order chi connectivity index (χ1) is 10.1. The number of aromatic nitrogens is 2. The molecule has 1 aromatic carbocycles. The number of fused-ring (bicyclic) bond motifs is 1. The molecule has 0 aliphatic carbocycles. The Morgan fingerprint density at radius 2 is 1.95 bits per heavy atom. The van der Waals surface area contributed by atoms with E-state index in [0.29, 0.717) is 0 Å². The van der Waals surface area contributed by atoms with Crippen LogP contribution >= 0.6 is 0 Å². The Morgan fingerprint density at radius 1 is 1.19 bits per heavy atom. The summed E-state index contributed by atoms with van der Waals surface area (Å²) < 4.78 is 0.781. The van der Waals surface area contributed by atoms with Crippen LogP contribution in [0, 0.1) is 11.8 Å². The van der Waals surface area contributed by atoms with E-state index >= 15 is 0 Å². The number of nitrogens with one attached hydrogen (secondary N) is 1. The van der Waals surface area contributed by atoms with Crippen molar-refractivity contribution in [1.82, 2.24) is 9.97 Å². The molecule has 0 atom stereocenters. The lowest BCUT2D eigenvalue weighted by molar-refractivity contribution is -0.443. The highest BCUT2D eigenvalue weighted by Gasteiger charge is 2.10. The molecule has 0 aliphatic heterocycles. The maximum Gasteiger partial charge on any atom is 0.221 e. The second kappa shape index (κ2) is 5.32. The summed E-state index contributed by atoms with van der Waals surface area (Å²) in [5, 5.41) is 1.12. The molecule has 0 saturated carbocycles. The highest BCUT2D eigenvalue weighted by Crippen LogP contribution is 2.31. The summed E-state index contributed by atoms with van der Waals surface area (Å²) in [5.41, 5.74) is 5.32. The molecule has 4 heteroatoms. The molecule has 2 aromatic heterocycles. The topological polar surface area (TPSA) is 48.8 Å². The third-order valence-electron chi connectivity index (χ3n) is 3.43. The summed E-state index contributed by atoms with van der Waals surface area (Å²) in [7, 11) is 1.47. The number of hydrogen-bond donors (Lipinski definition) is 1. The molecule has 1 N–H and O–H groups in total. The number of hydrogen-bond acceptors (Lipinski definition) is 2. The molecule has 4 nitrogen and oxygen atoms in total. The van der Waals surface area contributed by atoms with Gasteiger partial charge >= 0.3 is 0 Å². The van der Waals surface area contributed by atoms with E-state index in [1.54, 1.807) is 12.3 Å².